The molecule has 1 aliphatic rings. The van der Waals surface area contributed by atoms with Crippen molar-refractivity contribution in [2.45, 2.75) is 23.9 Å². The van der Waals surface area contributed by atoms with Crippen molar-refractivity contribution in [3.05, 3.63) is 60.2 Å². The molecular formula is C21H20N4O2S. The first-order valence-electron chi connectivity index (χ1n) is 9.40. The Hall–Kier alpha value is -2.80. The number of oxazole rings is 1. The molecule has 1 aromatic carbocycles. The first-order valence-corrected chi connectivity index (χ1v) is 10.6. The van der Waals surface area contributed by atoms with Crippen LogP contribution < -0.4 is 0 Å². The Morgan fingerprint density at radius 1 is 1.18 bits per heavy atom. The number of rotatable bonds is 3. The summed E-state index contributed by atoms with van der Waals surface area (Å²) >= 11 is 1.54. The van der Waals surface area contributed by atoms with Crippen LogP contribution in [0.2, 0.25) is 0 Å². The van der Waals surface area contributed by atoms with Gasteiger partial charge >= 0.3 is 0 Å². The molecule has 1 fully saturated rings. The van der Waals surface area contributed by atoms with Crippen LogP contribution in [0.1, 0.15) is 35.1 Å². The Kier molecular flexibility index (Phi) is 4.31. The second kappa shape index (κ2) is 6.98. The van der Waals surface area contributed by atoms with Crippen molar-refractivity contribution in [2.24, 2.45) is 0 Å². The number of carbonyl (C=O) groups excluding carboxylic acids is 1. The van der Waals surface area contributed by atoms with Gasteiger partial charge in [-0.15, -0.1) is 0 Å². The molecule has 5 rings (SSSR count). The Morgan fingerprint density at radius 3 is 2.89 bits per heavy atom. The van der Waals surface area contributed by atoms with E-state index in [1.165, 1.54) is 11.8 Å². The lowest BCUT2D eigenvalue weighted by atomic mass is 9.97. The van der Waals surface area contributed by atoms with Crippen LogP contribution in [0.3, 0.4) is 0 Å². The van der Waals surface area contributed by atoms with Crippen molar-refractivity contribution in [1.29, 1.82) is 0 Å². The number of para-hydroxylation sites is 2. The standard InChI is InChI=1S/C21H20N4O2S/c1-28-21-23-18(16-9-4-5-12-25(16)21)20(26)24-11-6-7-14(13-24)19-22-15-8-2-3-10-17(15)27-19/h2-5,8-10,12,14H,6-7,11,13H2,1H3. The number of amides is 1. The minimum Gasteiger partial charge on any atom is -0.440 e. The monoisotopic (exact) mass is 392 g/mol. The van der Waals surface area contributed by atoms with Crippen LogP contribution in [0.25, 0.3) is 16.6 Å². The Labute approximate surface area is 166 Å². The largest absolute Gasteiger partial charge is 0.440 e. The van der Waals surface area contributed by atoms with Gasteiger partial charge in [0.15, 0.2) is 22.3 Å². The number of benzene rings is 1. The molecule has 0 saturated carbocycles. The quantitative estimate of drug-likeness (QED) is 0.489. The molecule has 3 aromatic heterocycles. The summed E-state index contributed by atoms with van der Waals surface area (Å²) in [7, 11) is 0. The lowest BCUT2D eigenvalue weighted by molar-refractivity contribution is 0.0695. The minimum absolute atomic E-state index is 0.0233. The van der Waals surface area contributed by atoms with Gasteiger partial charge in [0.05, 0.1) is 11.4 Å². The summed E-state index contributed by atoms with van der Waals surface area (Å²) < 4.78 is 7.93. The van der Waals surface area contributed by atoms with E-state index in [1.807, 2.05) is 64.2 Å². The third-order valence-electron chi connectivity index (χ3n) is 5.27. The summed E-state index contributed by atoms with van der Waals surface area (Å²) in [5.74, 6) is 0.807. The highest BCUT2D eigenvalue weighted by Gasteiger charge is 2.30. The third kappa shape index (κ3) is 2.86. The van der Waals surface area contributed by atoms with E-state index in [0.717, 1.165) is 47.0 Å². The topological polar surface area (TPSA) is 63.6 Å². The number of aromatic nitrogens is 3. The van der Waals surface area contributed by atoms with Gasteiger partial charge < -0.3 is 9.32 Å². The number of hydrogen-bond donors (Lipinski definition) is 0. The zero-order valence-corrected chi connectivity index (χ0v) is 16.4. The van der Waals surface area contributed by atoms with Crippen LogP contribution in [0.15, 0.2) is 58.2 Å². The fourth-order valence-corrected chi connectivity index (χ4v) is 4.43. The Bertz CT molecular complexity index is 1130. The number of pyridine rings is 1. The molecule has 0 N–H and O–H groups in total. The Balaban J connectivity index is 1.44. The molecule has 1 saturated heterocycles. The van der Waals surface area contributed by atoms with Gasteiger partial charge in [0.1, 0.15) is 5.52 Å². The average molecular weight is 392 g/mol. The van der Waals surface area contributed by atoms with Gasteiger partial charge in [0.25, 0.3) is 5.91 Å². The molecule has 7 heteroatoms. The van der Waals surface area contributed by atoms with E-state index in [4.69, 9.17) is 4.42 Å². The van der Waals surface area contributed by atoms with E-state index in [-0.39, 0.29) is 11.8 Å². The second-order valence-electron chi connectivity index (χ2n) is 7.01. The highest BCUT2D eigenvalue weighted by molar-refractivity contribution is 7.98. The summed E-state index contributed by atoms with van der Waals surface area (Å²) in [4.78, 5) is 24.4. The maximum Gasteiger partial charge on any atom is 0.274 e. The molecule has 1 amide bonds. The van der Waals surface area contributed by atoms with Crippen LogP contribution in [0.5, 0.6) is 0 Å². The summed E-state index contributed by atoms with van der Waals surface area (Å²) in [5, 5.41) is 0.825. The molecule has 142 valence electrons. The predicted octanol–water partition coefficient (Wildman–Crippen LogP) is 4.22. The van der Waals surface area contributed by atoms with Crippen LogP contribution in [0, 0.1) is 0 Å². The summed E-state index contributed by atoms with van der Waals surface area (Å²) in [6, 6.07) is 13.6. The zero-order chi connectivity index (χ0) is 19.1. The number of carbonyl (C=O) groups is 1. The van der Waals surface area contributed by atoms with Crippen LogP contribution in [0.4, 0.5) is 0 Å². The average Bonchev–Trinajstić information content (AvgIpc) is 3.35. The van der Waals surface area contributed by atoms with Gasteiger partial charge in [-0.3, -0.25) is 9.20 Å². The number of fused-ring (bicyclic) bond motifs is 2. The van der Waals surface area contributed by atoms with E-state index in [9.17, 15) is 4.79 Å². The molecule has 0 bridgehead atoms. The highest BCUT2D eigenvalue weighted by Crippen LogP contribution is 2.30. The SMILES string of the molecule is CSc1nc(C(=O)N2CCCC(c3nc4ccccc4o3)C2)c2ccccn12. The first-order chi connectivity index (χ1) is 13.7. The van der Waals surface area contributed by atoms with Crippen molar-refractivity contribution in [2.75, 3.05) is 19.3 Å². The fraction of sp³-hybridized carbons (Fsp3) is 0.286. The molecule has 28 heavy (non-hydrogen) atoms. The summed E-state index contributed by atoms with van der Waals surface area (Å²) in [6.45, 7) is 1.34. The number of hydrogen-bond acceptors (Lipinski definition) is 5. The number of nitrogens with zero attached hydrogens (tertiary/aromatic N) is 4. The van der Waals surface area contributed by atoms with Gasteiger partial charge in [-0.25, -0.2) is 9.97 Å². The fourth-order valence-electron chi connectivity index (χ4n) is 3.89. The van der Waals surface area contributed by atoms with Gasteiger partial charge in [-0.1, -0.05) is 30.0 Å². The lowest BCUT2D eigenvalue weighted by Crippen LogP contribution is -2.39. The second-order valence-corrected chi connectivity index (χ2v) is 7.79. The van der Waals surface area contributed by atoms with Crippen LogP contribution in [-0.4, -0.2) is 44.5 Å². The lowest BCUT2D eigenvalue weighted by Gasteiger charge is -2.30. The molecule has 4 heterocycles. The smallest absolute Gasteiger partial charge is 0.274 e. The number of piperidine rings is 1. The van der Waals surface area contributed by atoms with Gasteiger partial charge in [0, 0.05) is 19.3 Å². The predicted molar refractivity (Wildman–Crippen MR) is 109 cm³/mol. The van der Waals surface area contributed by atoms with Gasteiger partial charge in [-0.05, 0) is 43.4 Å². The number of imidazole rings is 1. The van der Waals surface area contributed by atoms with Crippen molar-refractivity contribution >= 4 is 34.3 Å². The molecule has 1 unspecified atom stereocenters. The van der Waals surface area contributed by atoms with Crippen molar-refractivity contribution in [1.82, 2.24) is 19.3 Å². The van der Waals surface area contributed by atoms with E-state index in [1.54, 1.807) is 0 Å². The molecule has 1 aliphatic heterocycles. The van der Waals surface area contributed by atoms with E-state index >= 15 is 0 Å². The van der Waals surface area contributed by atoms with Crippen molar-refractivity contribution in [3.8, 4) is 0 Å². The molecular weight excluding hydrogens is 372 g/mol. The van der Waals surface area contributed by atoms with Crippen molar-refractivity contribution in [3.63, 3.8) is 0 Å². The van der Waals surface area contributed by atoms with E-state index in [2.05, 4.69) is 9.97 Å². The molecule has 0 aliphatic carbocycles. The Morgan fingerprint density at radius 2 is 2.04 bits per heavy atom. The molecule has 1 atom stereocenters. The van der Waals surface area contributed by atoms with Crippen LogP contribution in [-0.2, 0) is 0 Å². The molecule has 6 nitrogen and oxygen atoms in total. The first kappa shape index (κ1) is 17.3. The van der Waals surface area contributed by atoms with Crippen LogP contribution >= 0.6 is 11.8 Å². The normalized spacial score (nSPS) is 17.5. The molecule has 4 aromatic rings. The maximum atomic E-state index is 13.3. The van der Waals surface area contributed by atoms with Crippen molar-refractivity contribution < 1.29 is 9.21 Å². The highest BCUT2D eigenvalue weighted by atomic mass is 32.2. The number of thioether (sulfide) groups is 1. The molecule has 0 spiro atoms. The van der Waals surface area contributed by atoms with E-state index < -0.39 is 0 Å². The molecule has 0 radical (unpaired) electrons. The summed E-state index contributed by atoms with van der Waals surface area (Å²) in [6.07, 6.45) is 5.81. The van der Waals surface area contributed by atoms with Gasteiger partial charge in [-0.2, -0.15) is 0 Å². The maximum absolute atomic E-state index is 13.3. The summed E-state index contributed by atoms with van der Waals surface area (Å²) in [5.41, 5.74) is 3.03. The zero-order valence-electron chi connectivity index (χ0n) is 15.5. The van der Waals surface area contributed by atoms with Gasteiger partial charge in [0.2, 0.25) is 0 Å². The number of likely N-dealkylation sites (tertiary alicyclic amines) is 1. The minimum atomic E-state index is -0.0233. The third-order valence-corrected chi connectivity index (χ3v) is 5.92. The van der Waals surface area contributed by atoms with E-state index in [0.29, 0.717) is 12.2 Å².